The smallest absolute Gasteiger partial charge is 0.335 e. The Labute approximate surface area is 114 Å². The van der Waals surface area contributed by atoms with Crippen LogP contribution in [-0.2, 0) is 6.54 Å². The van der Waals surface area contributed by atoms with Gasteiger partial charge in [-0.25, -0.2) is 9.18 Å². The number of hydrogen-bond donors (Lipinski definition) is 1. The Hall–Kier alpha value is -2.69. The van der Waals surface area contributed by atoms with Crippen LogP contribution in [0.3, 0.4) is 0 Å². The second-order valence-electron chi connectivity index (χ2n) is 4.53. The van der Waals surface area contributed by atoms with E-state index in [0.29, 0.717) is 12.1 Å². The topological polar surface area (TPSA) is 55.1 Å². The highest BCUT2D eigenvalue weighted by atomic mass is 19.1. The molecule has 0 bridgehead atoms. The van der Waals surface area contributed by atoms with Crippen LogP contribution in [0.25, 0.3) is 10.9 Å². The van der Waals surface area contributed by atoms with Crippen molar-refractivity contribution >= 4 is 16.9 Å². The first kappa shape index (κ1) is 12.3. The van der Waals surface area contributed by atoms with Crippen molar-refractivity contribution in [3.63, 3.8) is 0 Å². The lowest BCUT2D eigenvalue weighted by atomic mass is 10.2. The zero-order valence-electron chi connectivity index (χ0n) is 10.5. The Bertz CT molecular complexity index is 778. The van der Waals surface area contributed by atoms with E-state index in [1.165, 1.54) is 12.1 Å². The van der Waals surface area contributed by atoms with Gasteiger partial charge in [-0.1, -0.05) is 18.2 Å². The number of nitrogens with zero attached hydrogens (tertiary/aromatic N) is 2. The van der Waals surface area contributed by atoms with Crippen molar-refractivity contribution in [2.24, 2.45) is 0 Å². The van der Waals surface area contributed by atoms with Crippen LogP contribution < -0.4 is 0 Å². The van der Waals surface area contributed by atoms with Crippen molar-refractivity contribution in [3.8, 4) is 0 Å². The molecule has 0 fully saturated rings. The normalized spacial score (nSPS) is 10.8. The van der Waals surface area contributed by atoms with Crippen LogP contribution in [0.2, 0.25) is 0 Å². The first-order chi connectivity index (χ1) is 9.61. The number of fused-ring (bicyclic) bond motifs is 1. The van der Waals surface area contributed by atoms with Crippen LogP contribution in [0.4, 0.5) is 4.39 Å². The molecular weight excluding hydrogens is 259 g/mol. The van der Waals surface area contributed by atoms with Crippen LogP contribution >= 0.6 is 0 Å². The Morgan fingerprint density at radius 2 is 1.95 bits per heavy atom. The highest BCUT2D eigenvalue weighted by Gasteiger charge is 2.07. The molecule has 0 atom stereocenters. The highest BCUT2D eigenvalue weighted by Crippen LogP contribution is 2.15. The molecule has 0 unspecified atom stereocenters. The zero-order chi connectivity index (χ0) is 14.1. The molecule has 1 aromatic heterocycles. The van der Waals surface area contributed by atoms with E-state index < -0.39 is 5.97 Å². The van der Waals surface area contributed by atoms with E-state index in [9.17, 15) is 9.18 Å². The summed E-state index contributed by atoms with van der Waals surface area (Å²) in [5, 5.41) is 14.1. The number of aromatic nitrogens is 2. The van der Waals surface area contributed by atoms with E-state index >= 15 is 0 Å². The molecule has 5 heteroatoms. The Morgan fingerprint density at radius 1 is 1.20 bits per heavy atom. The Morgan fingerprint density at radius 3 is 2.65 bits per heavy atom. The third kappa shape index (κ3) is 2.38. The fraction of sp³-hybridized carbons (Fsp3) is 0.0667. The average Bonchev–Trinajstić information content (AvgIpc) is 2.82. The average molecular weight is 270 g/mol. The van der Waals surface area contributed by atoms with Gasteiger partial charge in [0.1, 0.15) is 5.82 Å². The molecule has 0 aliphatic carbocycles. The van der Waals surface area contributed by atoms with E-state index in [2.05, 4.69) is 5.10 Å². The molecule has 0 amide bonds. The SMILES string of the molecule is O=C(O)c1ccc2cn(Cc3ccc(F)cc3)nc2c1. The number of carboxylic acids is 1. The molecule has 0 spiro atoms. The second kappa shape index (κ2) is 4.77. The van der Waals surface area contributed by atoms with Crippen molar-refractivity contribution in [1.82, 2.24) is 9.78 Å². The van der Waals surface area contributed by atoms with Gasteiger partial charge in [-0.15, -0.1) is 0 Å². The third-order valence-electron chi connectivity index (χ3n) is 3.06. The molecule has 2 aromatic carbocycles. The van der Waals surface area contributed by atoms with E-state index in [0.717, 1.165) is 10.9 Å². The number of carboxylic acid groups (broad SMARTS) is 1. The standard InChI is InChI=1S/C15H11FN2O2/c16-13-5-1-10(2-6-13)8-18-9-12-4-3-11(15(19)20)7-14(12)17-18/h1-7,9H,8H2,(H,19,20). The molecule has 0 aliphatic heterocycles. The summed E-state index contributed by atoms with van der Waals surface area (Å²) in [5.74, 6) is -1.24. The number of aromatic carboxylic acids is 1. The zero-order valence-corrected chi connectivity index (χ0v) is 10.5. The van der Waals surface area contributed by atoms with Crippen LogP contribution in [0, 0.1) is 5.82 Å². The van der Waals surface area contributed by atoms with Gasteiger partial charge in [-0.05, 0) is 29.8 Å². The van der Waals surface area contributed by atoms with Gasteiger partial charge in [-0.2, -0.15) is 5.10 Å². The lowest BCUT2D eigenvalue weighted by molar-refractivity contribution is 0.0697. The predicted molar refractivity (Wildman–Crippen MR) is 72.2 cm³/mol. The second-order valence-corrected chi connectivity index (χ2v) is 4.53. The minimum Gasteiger partial charge on any atom is -0.478 e. The van der Waals surface area contributed by atoms with Gasteiger partial charge in [0.15, 0.2) is 0 Å². The van der Waals surface area contributed by atoms with Crippen molar-refractivity contribution in [1.29, 1.82) is 0 Å². The van der Waals surface area contributed by atoms with Crippen LogP contribution in [0.5, 0.6) is 0 Å². The third-order valence-corrected chi connectivity index (χ3v) is 3.06. The van der Waals surface area contributed by atoms with Crippen LogP contribution in [0.15, 0.2) is 48.7 Å². The van der Waals surface area contributed by atoms with E-state index in [1.54, 1.807) is 35.0 Å². The summed E-state index contributed by atoms with van der Waals surface area (Å²) in [7, 11) is 0. The predicted octanol–water partition coefficient (Wildman–Crippen LogP) is 2.92. The van der Waals surface area contributed by atoms with E-state index in [4.69, 9.17) is 5.11 Å². The van der Waals surface area contributed by atoms with Gasteiger partial charge in [-0.3, -0.25) is 4.68 Å². The maximum absolute atomic E-state index is 12.8. The maximum atomic E-state index is 12.8. The quantitative estimate of drug-likeness (QED) is 0.796. The van der Waals surface area contributed by atoms with Gasteiger partial charge < -0.3 is 5.11 Å². The fourth-order valence-electron chi connectivity index (χ4n) is 2.06. The van der Waals surface area contributed by atoms with Crippen molar-refractivity contribution < 1.29 is 14.3 Å². The lowest BCUT2D eigenvalue weighted by Gasteiger charge is -2.00. The minimum atomic E-state index is -0.972. The Balaban J connectivity index is 1.92. The van der Waals surface area contributed by atoms with Gasteiger partial charge in [0.05, 0.1) is 17.6 Å². The molecule has 1 heterocycles. The molecule has 100 valence electrons. The summed E-state index contributed by atoms with van der Waals surface area (Å²) in [6.45, 7) is 0.511. The molecule has 1 N–H and O–H groups in total. The summed E-state index contributed by atoms with van der Waals surface area (Å²) < 4.78 is 14.5. The van der Waals surface area contributed by atoms with Gasteiger partial charge >= 0.3 is 5.97 Å². The van der Waals surface area contributed by atoms with Crippen molar-refractivity contribution in [2.75, 3.05) is 0 Å². The summed E-state index contributed by atoms with van der Waals surface area (Å²) in [6, 6.07) is 11.0. The summed E-state index contributed by atoms with van der Waals surface area (Å²) in [6.07, 6.45) is 1.84. The molecule has 0 saturated carbocycles. The molecular formula is C15H11FN2O2. The molecule has 0 aliphatic rings. The van der Waals surface area contributed by atoms with E-state index in [1.807, 2.05) is 6.20 Å². The van der Waals surface area contributed by atoms with E-state index in [-0.39, 0.29) is 11.4 Å². The number of hydrogen-bond acceptors (Lipinski definition) is 2. The molecule has 4 nitrogen and oxygen atoms in total. The van der Waals surface area contributed by atoms with Crippen LogP contribution in [0.1, 0.15) is 15.9 Å². The molecule has 0 radical (unpaired) electrons. The molecule has 3 rings (SSSR count). The number of halogens is 1. The van der Waals surface area contributed by atoms with Crippen LogP contribution in [-0.4, -0.2) is 20.9 Å². The first-order valence-electron chi connectivity index (χ1n) is 6.07. The lowest BCUT2D eigenvalue weighted by Crippen LogP contribution is -1.99. The summed E-state index contributed by atoms with van der Waals surface area (Å²) in [5.41, 5.74) is 1.77. The van der Waals surface area contributed by atoms with Crippen molar-refractivity contribution in [2.45, 2.75) is 6.54 Å². The van der Waals surface area contributed by atoms with Gasteiger partial charge in [0.25, 0.3) is 0 Å². The minimum absolute atomic E-state index is 0.213. The number of carbonyl (C=O) groups is 1. The monoisotopic (exact) mass is 270 g/mol. The highest BCUT2D eigenvalue weighted by molar-refractivity contribution is 5.92. The summed E-state index contributed by atoms with van der Waals surface area (Å²) >= 11 is 0. The number of benzene rings is 2. The first-order valence-corrected chi connectivity index (χ1v) is 6.07. The van der Waals surface area contributed by atoms with Gasteiger partial charge in [0.2, 0.25) is 0 Å². The molecule has 3 aromatic rings. The molecule has 20 heavy (non-hydrogen) atoms. The Kier molecular flexibility index (Phi) is 2.95. The molecule has 0 saturated heterocycles. The largest absolute Gasteiger partial charge is 0.478 e. The summed E-state index contributed by atoms with van der Waals surface area (Å²) in [4.78, 5) is 10.9. The van der Waals surface area contributed by atoms with Gasteiger partial charge in [0, 0.05) is 11.6 Å². The fourth-order valence-corrected chi connectivity index (χ4v) is 2.06. The number of rotatable bonds is 3. The maximum Gasteiger partial charge on any atom is 0.335 e. The van der Waals surface area contributed by atoms with Crippen molar-refractivity contribution in [3.05, 3.63) is 65.6 Å².